The summed E-state index contributed by atoms with van der Waals surface area (Å²) in [5.41, 5.74) is 0.480. The maximum Gasteiger partial charge on any atom is 0.269 e. The van der Waals surface area contributed by atoms with Crippen LogP contribution >= 0.6 is 23.2 Å². The summed E-state index contributed by atoms with van der Waals surface area (Å²) in [6, 6.07) is 11.3. The third-order valence-electron chi connectivity index (χ3n) is 3.61. The number of ether oxygens (including phenoxy) is 1. The van der Waals surface area contributed by atoms with E-state index in [2.05, 4.69) is 4.98 Å². The van der Waals surface area contributed by atoms with Crippen LogP contribution in [0.5, 0.6) is 5.75 Å². The van der Waals surface area contributed by atoms with E-state index in [1.807, 2.05) is 6.92 Å². The molecule has 1 aromatic heterocycles. The molecule has 0 fully saturated rings. The van der Waals surface area contributed by atoms with E-state index in [0.29, 0.717) is 28.0 Å². The fourth-order valence-electron chi connectivity index (χ4n) is 2.42. The molecule has 0 spiro atoms. The van der Waals surface area contributed by atoms with Crippen molar-refractivity contribution in [1.82, 2.24) is 8.96 Å². The zero-order chi connectivity index (χ0) is 18.7. The average molecular weight is 411 g/mol. The highest BCUT2D eigenvalue weighted by molar-refractivity contribution is 7.90. The molecule has 0 radical (unpaired) electrons. The highest BCUT2D eigenvalue weighted by Crippen LogP contribution is 2.37. The molecular formula is C18H16Cl2N2O3S. The van der Waals surface area contributed by atoms with Gasteiger partial charge in [0.25, 0.3) is 10.0 Å². The Hall–Kier alpha value is -2.02. The molecule has 1 heterocycles. The van der Waals surface area contributed by atoms with Crippen molar-refractivity contribution in [2.45, 2.75) is 18.2 Å². The lowest BCUT2D eigenvalue weighted by atomic mass is 10.2. The van der Waals surface area contributed by atoms with Crippen molar-refractivity contribution in [3.8, 4) is 17.1 Å². The fraction of sp³-hybridized carbons (Fsp3) is 0.167. The molecule has 0 bridgehead atoms. The van der Waals surface area contributed by atoms with Crippen LogP contribution in [-0.2, 0) is 10.0 Å². The van der Waals surface area contributed by atoms with Gasteiger partial charge in [-0.1, -0.05) is 48.3 Å². The van der Waals surface area contributed by atoms with Crippen LogP contribution in [0.15, 0.2) is 59.8 Å². The average Bonchev–Trinajstić information content (AvgIpc) is 3.12. The van der Waals surface area contributed by atoms with E-state index in [1.165, 1.54) is 24.5 Å². The molecule has 136 valence electrons. The first-order valence-electron chi connectivity index (χ1n) is 7.91. The van der Waals surface area contributed by atoms with Gasteiger partial charge < -0.3 is 4.74 Å². The van der Waals surface area contributed by atoms with Crippen molar-refractivity contribution in [2.75, 3.05) is 6.61 Å². The molecule has 26 heavy (non-hydrogen) atoms. The van der Waals surface area contributed by atoms with Crippen LogP contribution in [-0.4, -0.2) is 24.0 Å². The van der Waals surface area contributed by atoms with Crippen molar-refractivity contribution >= 4 is 33.2 Å². The van der Waals surface area contributed by atoms with Gasteiger partial charge in [0.2, 0.25) is 0 Å². The normalized spacial score (nSPS) is 11.5. The van der Waals surface area contributed by atoms with Crippen molar-refractivity contribution in [3.63, 3.8) is 0 Å². The molecule has 0 amide bonds. The summed E-state index contributed by atoms with van der Waals surface area (Å²) in [5, 5.41) is 0.597. The van der Waals surface area contributed by atoms with Crippen LogP contribution in [0, 0.1) is 0 Å². The van der Waals surface area contributed by atoms with E-state index in [4.69, 9.17) is 27.9 Å². The number of hydrogen-bond donors (Lipinski definition) is 0. The summed E-state index contributed by atoms with van der Waals surface area (Å²) in [4.78, 5) is 4.34. The van der Waals surface area contributed by atoms with Gasteiger partial charge in [-0.3, -0.25) is 0 Å². The number of nitrogens with zero attached hydrogens (tertiary/aromatic N) is 2. The molecule has 0 aliphatic heterocycles. The Morgan fingerprint density at radius 3 is 2.38 bits per heavy atom. The number of hydrogen-bond acceptors (Lipinski definition) is 4. The summed E-state index contributed by atoms with van der Waals surface area (Å²) in [6.07, 6.45) is 3.62. The summed E-state index contributed by atoms with van der Waals surface area (Å²) < 4.78 is 32.5. The van der Waals surface area contributed by atoms with E-state index in [-0.39, 0.29) is 10.7 Å². The van der Waals surface area contributed by atoms with Gasteiger partial charge in [-0.2, -0.15) is 0 Å². The van der Waals surface area contributed by atoms with Crippen molar-refractivity contribution in [1.29, 1.82) is 0 Å². The van der Waals surface area contributed by atoms with Crippen LogP contribution in [0.4, 0.5) is 0 Å². The third kappa shape index (κ3) is 3.58. The molecule has 0 aliphatic rings. The number of benzene rings is 2. The molecule has 8 heteroatoms. The second-order valence-electron chi connectivity index (χ2n) is 5.48. The number of halogens is 2. The lowest BCUT2D eigenvalue weighted by Crippen LogP contribution is -2.13. The predicted molar refractivity (Wildman–Crippen MR) is 102 cm³/mol. The van der Waals surface area contributed by atoms with Gasteiger partial charge in [0.1, 0.15) is 0 Å². The molecule has 0 N–H and O–H groups in total. The Bertz CT molecular complexity index is 995. The minimum atomic E-state index is -3.79. The van der Waals surface area contributed by atoms with E-state index >= 15 is 0 Å². The van der Waals surface area contributed by atoms with Crippen LogP contribution < -0.4 is 4.74 Å². The van der Waals surface area contributed by atoms with Crippen molar-refractivity contribution in [3.05, 3.63) is 64.9 Å². The second kappa shape index (κ2) is 7.70. The van der Waals surface area contributed by atoms with E-state index in [9.17, 15) is 8.42 Å². The zero-order valence-electron chi connectivity index (χ0n) is 13.9. The quantitative estimate of drug-likeness (QED) is 0.580. The molecule has 3 aromatic rings. The molecule has 0 unspecified atom stereocenters. The van der Waals surface area contributed by atoms with Crippen molar-refractivity contribution < 1.29 is 13.2 Å². The number of rotatable bonds is 6. The molecule has 5 nitrogen and oxygen atoms in total. The van der Waals surface area contributed by atoms with Crippen LogP contribution in [0.2, 0.25) is 10.0 Å². The first-order valence-corrected chi connectivity index (χ1v) is 10.1. The molecule has 0 saturated heterocycles. The summed E-state index contributed by atoms with van der Waals surface area (Å²) in [6.45, 7) is 2.46. The standard InChI is InChI=1S/C18H16Cl2N2O3S/c1-2-10-25-17-15(19)11-13(12-16(17)20)18-21-8-9-22(18)26(23,24)14-6-4-3-5-7-14/h3-9,11-12H,2,10H2,1H3. The fourth-order valence-corrected chi connectivity index (χ4v) is 4.34. The van der Waals surface area contributed by atoms with Crippen LogP contribution in [0.1, 0.15) is 13.3 Å². The van der Waals surface area contributed by atoms with E-state index < -0.39 is 10.0 Å². The molecule has 0 saturated carbocycles. The summed E-state index contributed by atoms with van der Waals surface area (Å²) in [7, 11) is -3.79. The minimum Gasteiger partial charge on any atom is -0.490 e. The van der Waals surface area contributed by atoms with E-state index in [1.54, 1.807) is 30.3 Å². The van der Waals surface area contributed by atoms with Gasteiger partial charge >= 0.3 is 0 Å². The molecule has 0 atom stereocenters. The minimum absolute atomic E-state index is 0.166. The monoisotopic (exact) mass is 410 g/mol. The maximum absolute atomic E-state index is 12.9. The lowest BCUT2D eigenvalue weighted by molar-refractivity contribution is 0.318. The molecule has 3 rings (SSSR count). The first kappa shape index (κ1) is 18.8. The predicted octanol–water partition coefficient (Wildman–Crippen LogP) is 4.88. The highest BCUT2D eigenvalue weighted by Gasteiger charge is 2.22. The first-order chi connectivity index (χ1) is 12.4. The van der Waals surface area contributed by atoms with Gasteiger partial charge in [-0.25, -0.2) is 17.4 Å². The SMILES string of the molecule is CCCOc1c(Cl)cc(-c2nccn2S(=O)(=O)c2ccccc2)cc1Cl. The maximum atomic E-state index is 12.9. The molecule has 2 aromatic carbocycles. The Labute approximate surface area is 162 Å². The van der Waals surface area contributed by atoms with Gasteiger partial charge in [-0.05, 0) is 30.7 Å². The summed E-state index contributed by atoms with van der Waals surface area (Å²) in [5.74, 6) is 0.600. The second-order valence-corrected chi connectivity index (χ2v) is 8.11. The smallest absolute Gasteiger partial charge is 0.269 e. The Morgan fingerprint density at radius 1 is 1.12 bits per heavy atom. The summed E-state index contributed by atoms with van der Waals surface area (Å²) >= 11 is 12.6. The third-order valence-corrected chi connectivity index (χ3v) is 5.86. The van der Waals surface area contributed by atoms with Gasteiger partial charge in [-0.15, -0.1) is 0 Å². The highest BCUT2D eigenvalue weighted by atomic mass is 35.5. The lowest BCUT2D eigenvalue weighted by Gasteiger charge is -2.13. The van der Waals surface area contributed by atoms with Crippen LogP contribution in [0.3, 0.4) is 0 Å². The van der Waals surface area contributed by atoms with Gasteiger partial charge in [0, 0.05) is 18.0 Å². The Kier molecular flexibility index (Phi) is 5.55. The van der Waals surface area contributed by atoms with Gasteiger partial charge in [0.15, 0.2) is 11.6 Å². The Balaban J connectivity index is 2.07. The number of imidazole rings is 1. The molecule has 0 aliphatic carbocycles. The van der Waals surface area contributed by atoms with Crippen LogP contribution in [0.25, 0.3) is 11.4 Å². The van der Waals surface area contributed by atoms with E-state index in [0.717, 1.165) is 10.4 Å². The van der Waals surface area contributed by atoms with Crippen molar-refractivity contribution in [2.24, 2.45) is 0 Å². The zero-order valence-corrected chi connectivity index (χ0v) is 16.2. The Morgan fingerprint density at radius 2 is 1.77 bits per heavy atom. The van der Waals surface area contributed by atoms with Gasteiger partial charge in [0.05, 0.1) is 21.5 Å². The largest absolute Gasteiger partial charge is 0.490 e. The molecular weight excluding hydrogens is 395 g/mol. The number of aromatic nitrogens is 2. The topological polar surface area (TPSA) is 61.2 Å².